The van der Waals surface area contributed by atoms with E-state index in [0.29, 0.717) is 17.2 Å². The lowest BCUT2D eigenvalue weighted by Crippen LogP contribution is -2.53. The normalized spacial score (nSPS) is 14.7. The molecule has 2 aromatic rings. The highest BCUT2D eigenvalue weighted by Crippen LogP contribution is 2.26. The molecule has 0 saturated heterocycles. The van der Waals surface area contributed by atoms with Gasteiger partial charge in [-0.1, -0.05) is 49.6 Å². The summed E-state index contributed by atoms with van der Waals surface area (Å²) in [6.07, 6.45) is 5.39. The lowest BCUT2D eigenvalue weighted by molar-refractivity contribution is -0.140. The first-order valence-electron chi connectivity index (χ1n) is 12.5. The Hall–Kier alpha value is -2.78. The molecule has 10 heteroatoms. The summed E-state index contributed by atoms with van der Waals surface area (Å²) in [7, 11) is -2.27. The number of aryl methyl sites for hydroxylation is 1. The number of halogens is 1. The van der Waals surface area contributed by atoms with Crippen LogP contribution in [0.4, 0.5) is 5.69 Å². The molecule has 0 aliphatic heterocycles. The zero-order valence-corrected chi connectivity index (χ0v) is 23.4. The van der Waals surface area contributed by atoms with Crippen molar-refractivity contribution in [2.75, 3.05) is 24.2 Å². The van der Waals surface area contributed by atoms with Crippen LogP contribution in [0.1, 0.15) is 50.2 Å². The van der Waals surface area contributed by atoms with Gasteiger partial charge in [-0.2, -0.15) is 0 Å². The SMILES string of the molecule is CCC(C(=O)NC1CCCC1)N(Cc1cccc(OC)c1)C(=O)CN(c1ccc(C)c(Cl)c1)S(C)(=O)=O. The summed E-state index contributed by atoms with van der Waals surface area (Å²) in [6, 6.07) is 11.4. The molecule has 0 heterocycles. The van der Waals surface area contributed by atoms with Gasteiger partial charge < -0.3 is 15.0 Å². The molecule has 1 aliphatic carbocycles. The molecule has 1 unspecified atom stereocenters. The molecular weight excluding hydrogens is 514 g/mol. The van der Waals surface area contributed by atoms with Gasteiger partial charge in [0.15, 0.2) is 0 Å². The van der Waals surface area contributed by atoms with Gasteiger partial charge in [0.25, 0.3) is 0 Å². The predicted molar refractivity (Wildman–Crippen MR) is 146 cm³/mol. The van der Waals surface area contributed by atoms with Gasteiger partial charge in [0.1, 0.15) is 18.3 Å². The number of anilines is 1. The third-order valence-electron chi connectivity index (χ3n) is 6.70. The average molecular weight is 550 g/mol. The van der Waals surface area contributed by atoms with Crippen molar-refractivity contribution >= 4 is 39.1 Å². The highest BCUT2D eigenvalue weighted by Gasteiger charge is 2.33. The van der Waals surface area contributed by atoms with Gasteiger partial charge in [0.05, 0.1) is 19.1 Å². The Morgan fingerprint density at radius 2 is 1.86 bits per heavy atom. The molecule has 202 valence electrons. The molecule has 8 nitrogen and oxygen atoms in total. The van der Waals surface area contributed by atoms with Crippen molar-refractivity contribution in [3.8, 4) is 5.75 Å². The van der Waals surface area contributed by atoms with Gasteiger partial charge in [-0.25, -0.2) is 8.42 Å². The summed E-state index contributed by atoms with van der Waals surface area (Å²) in [5.74, 6) is -0.0892. The second-order valence-corrected chi connectivity index (χ2v) is 11.8. The minimum Gasteiger partial charge on any atom is -0.497 e. The molecule has 2 aromatic carbocycles. The van der Waals surface area contributed by atoms with Crippen LogP contribution < -0.4 is 14.4 Å². The van der Waals surface area contributed by atoms with Crippen LogP contribution in [0.25, 0.3) is 0 Å². The Labute approximate surface area is 225 Å². The predicted octanol–water partition coefficient (Wildman–Crippen LogP) is 4.29. The van der Waals surface area contributed by atoms with Crippen LogP contribution in [0.5, 0.6) is 5.75 Å². The van der Waals surface area contributed by atoms with Gasteiger partial charge in [0.2, 0.25) is 21.8 Å². The van der Waals surface area contributed by atoms with Crippen LogP contribution in [0.3, 0.4) is 0 Å². The minimum absolute atomic E-state index is 0.0949. The Kier molecular flexibility index (Phi) is 9.84. The van der Waals surface area contributed by atoms with Crippen LogP contribution in [0.15, 0.2) is 42.5 Å². The van der Waals surface area contributed by atoms with Crippen molar-refractivity contribution in [3.05, 3.63) is 58.6 Å². The summed E-state index contributed by atoms with van der Waals surface area (Å²) in [5, 5.41) is 3.49. The minimum atomic E-state index is -3.82. The standard InChI is InChI=1S/C27H36ClN3O5S/c1-5-25(27(33)29-21-10-6-7-11-21)30(17-20-9-8-12-23(15-20)36-3)26(32)18-31(37(4,34)35)22-14-13-19(2)24(28)16-22/h8-9,12-16,21,25H,5-7,10-11,17-18H2,1-4H3,(H,29,33). The number of rotatable bonds is 11. The smallest absolute Gasteiger partial charge is 0.244 e. The molecule has 0 bridgehead atoms. The van der Waals surface area contributed by atoms with E-state index in [-0.39, 0.29) is 24.2 Å². The number of nitrogens with one attached hydrogen (secondary N) is 1. The van der Waals surface area contributed by atoms with E-state index in [1.807, 2.05) is 26.0 Å². The first-order chi connectivity index (χ1) is 17.5. The van der Waals surface area contributed by atoms with Crippen LogP contribution in [-0.2, 0) is 26.2 Å². The quantitative estimate of drug-likeness (QED) is 0.451. The molecule has 0 radical (unpaired) electrons. The first kappa shape index (κ1) is 28.8. The summed E-state index contributed by atoms with van der Waals surface area (Å²) in [4.78, 5) is 28.6. The van der Waals surface area contributed by atoms with Crippen LogP contribution >= 0.6 is 11.6 Å². The van der Waals surface area contributed by atoms with Gasteiger partial charge in [0, 0.05) is 17.6 Å². The van der Waals surface area contributed by atoms with Crippen LogP contribution in [-0.4, -0.2) is 57.1 Å². The zero-order valence-electron chi connectivity index (χ0n) is 21.9. The summed E-state index contributed by atoms with van der Waals surface area (Å²) in [5.41, 5.74) is 1.85. The van der Waals surface area contributed by atoms with E-state index < -0.39 is 28.5 Å². The number of nitrogens with zero attached hydrogens (tertiary/aromatic N) is 2. The second-order valence-electron chi connectivity index (χ2n) is 9.49. The molecule has 1 saturated carbocycles. The Balaban J connectivity index is 1.94. The molecule has 0 spiro atoms. The number of hydrogen-bond donors (Lipinski definition) is 1. The van der Waals surface area contributed by atoms with Crippen molar-refractivity contribution in [1.29, 1.82) is 0 Å². The summed E-state index contributed by atoms with van der Waals surface area (Å²) in [6.45, 7) is 3.32. The van der Waals surface area contributed by atoms with Crippen molar-refractivity contribution in [3.63, 3.8) is 0 Å². The fourth-order valence-electron chi connectivity index (χ4n) is 4.61. The van der Waals surface area contributed by atoms with E-state index in [0.717, 1.165) is 47.4 Å². The van der Waals surface area contributed by atoms with E-state index in [9.17, 15) is 18.0 Å². The lowest BCUT2D eigenvalue weighted by atomic mass is 10.1. The number of carbonyl (C=O) groups is 2. The zero-order chi connectivity index (χ0) is 27.2. The second kappa shape index (κ2) is 12.6. The van der Waals surface area contributed by atoms with Crippen molar-refractivity contribution < 1.29 is 22.7 Å². The highest BCUT2D eigenvalue weighted by molar-refractivity contribution is 7.92. The summed E-state index contributed by atoms with van der Waals surface area (Å²) >= 11 is 6.26. The topological polar surface area (TPSA) is 96.0 Å². The summed E-state index contributed by atoms with van der Waals surface area (Å²) < 4.78 is 31.8. The van der Waals surface area contributed by atoms with Gasteiger partial charge in [-0.3, -0.25) is 13.9 Å². The fraction of sp³-hybridized carbons (Fsp3) is 0.481. The molecule has 0 aromatic heterocycles. The van der Waals surface area contributed by atoms with Gasteiger partial charge in [-0.05, 0) is 61.6 Å². The third-order valence-corrected chi connectivity index (χ3v) is 8.24. The van der Waals surface area contributed by atoms with E-state index in [1.54, 1.807) is 31.4 Å². The number of sulfonamides is 1. The molecule has 2 amide bonds. The molecule has 1 fully saturated rings. The number of benzene rings is 2. The molecule has 37 heavy (non-hydrogen) atoms. The maximum atomic E-state index is 13.8. The number of ether oxygens (including phenoxy) is 1. The fourth-order valence-corrected chi connectivity index (χ4v) is 5.62. The number of methoxy groups -OCH3 is 1. The third kappa shape index (κ3) is 7.61. The molecular formula is C27H36ClN3O5S. The molecule has 1 N–H and O–H groups in total. The largest absolute Gasteiger partial charge is 0.497 e. The Morgan fingerprint density at radius 1 is 1.16 bits per heavy atom. The monoisotopic (exact) mass is 549 g/mol. The van der Waals surface area contributed by atoms with E-state index in [1.165, 1.54) is 11.0 Å². The highest BCUT2D eigenvalue weighted by atomic mass is 35.5. The van der Waals surface area contributed by atoms with Crippen LogP contribution in [0, 0.1) is 6.92 Å². The van der Waals surface area contributed by atoms with E-state index >= 15 is 0 Å². The molecule has 3 rings (SSSR count). The first-order valence-corrected chi connectivity index (χ1v) is 14.7. The van der Waals surface area contributed by atoms with Crippen molar-refractivity contribution in [2.24, 2.45) is 0 Å². The van der Waals surface area contributed by atoms with E-state index in [4.69, 9.17) is 16.3 Å². The Morgan fingerprint density at radius 3 is 2.46 bits per heavy atom. The number of amides is 2. The number of carbonyl (C=O) groups excluding carboxylic acids is 2. The van der Waals surface area contributed by atoms with Crippen molar-refractivity contribution in [1.82, 2.24) is 10.2 Å². The lowest BCUT2D eigenvalue weighted by Gasteiger charge is -2.33. The molecule has 1 atom stereocenters. The Bertz CT molecular complexity index is 1210. The average Bonchev–Trinajstić information content (AvgIpc) is 3.36. The maximum Gasteiger partial charge on any atom is 0.244 e. The van der Waals surface area contributed by atoms with Gasteiger partial charge in [-0.15, -0.1) is 0 Å². The van der Waals surface area contributed by atoms with E-state index in [2.05, 4.69) is 5.32 Å². The number of hydrogen-bond acceptors (Lipinski definition) is 5. The maximum absolute atomic E-state index is 13.8. The van der Waals surface area contributed by atoms with Crippen LogP contribution in [0.2, 0.25) is 5.02 Å². The van der Waals surface area contributed by atoms with Crippen molar-refractivity contribution in [2.45, 2.75) is 64.6 Å². The molecule has 1 aliphatic rings. The van der Waals surface area contributed by atoms with Gasteiger partial charge >= 0.3 is 0 Å².